The van der Waals surface area contributed by atoms with Gasteiger partial charge in [-0.25, -0.2) is 4.79 Å². The Labute approximate surface area is 65.7 Å². The first-order chi connectivity index (χ1) is 5.24. The molecule has 3 heteroatoms. The molecule has 0 saturated heterocycles. The van der Waals surface area contributed by atoms with Gasteiger partial charge in [0.1, 0.15) is 6.10 Å². The summed E-state index contributed by atoms with van der Waals surface area (Å²) in [5, 5.41) is 8.50. The predicted molar refractivity (Wildman–Crippen MR) is 40.0 cm³/mol. The fourth-order valence-corrected chi connectivity index (χ4v) is 1.08. The van der Waals surface area contributed by atoms with Crippen molar-refractivity contribution in [2.45, 2.75) is 25.9 Å². The minimum atomic E-state index is -0.231. The molecule has 0 bridgehead atoms. The summed E-state index contributed by atoms with van der Waals surface area (Å²) in [6, 6.07) is 0. The van der Waals surface area contributed by atoms with Crippen molar-refractivity contribution >= 4 is 5.97 Å². The Kier molecular flexibility index (Phi) is 2.65. The van der Waals surface area contributed by atoms with Crippen molar-refractivity contribution in [1.29, 1.82) is 0 Å². The normalized spacial score (nSPS) is 23.3. The highest BCUT2D eigenvalue weighted by Crippen LogP contribution is 2.17. The van der Waals surface area contributed by atoms with E-state index in [2.05, 4.69) is 0 Å². The lowest BCUT2D eigenvalue weighted by Crippen LogP contribution is -2.03. The van der Waals surface area contributed by atoms with Crippen LogP contribution in [0.3, 0.4) is 0 Å². The van der Waals surface area contributed by atoms with Crippen molar-refractivity contribution in [3.63, 3.8) is 0 Å². The number of hydrogen-bond donors (Lipinski definition) is 1. The average molecular weight is 156 g/mol. The third-order valence-corrected chi connectivity index (χ3v) is 1.60. The number of rotatable bonds is 3. The van der Waals surface area contributed by atoms with Gasteiger partial charge in [-0.3, -0.25) is 0 Å². The van der Waals surface area contributed by atoms with E-state index in [1.54, 1.807) is 6.08 Å². The third kappa shape index (κ3) is 2.05. The van der Waals surface area contributed by atoms with Crippen molar-refractivity contribution in [2.75, 3.05) is 6.61 Å². The van der Waals surface area contributed by atoms with Crippen molar-refractivity contribution in [2.24, 2.45) is 0 Å². The van der Waals surface area contributed by atoms with Gasteiger partial charge in [0.15, 0.2) is 0 Å². The molecule has 0 aromatic heterocycles. The van der Waals surface area contributed by atoms with Crippen LogP contribution in [0.1, 0.15) is 19.8 Å². The van der Waals surface area contributed by atoms with Crippen LogP contribution in [0.4, 0.5) is 0 Å². The lowest BCUT2D eigenvalue weighted by Gasteiger charge is -1.98. The van der Waals surface area contributed by atoms with Crippen molar-refractivity contribution in [1.82, 2.24) is 0 Å². The van der Waals surface area contributed by atoms with Gasteiger partial charge >= 0.3 is 5.97 Å². The molecule has 0 spiro atoms. The van der Waals surface area contributed by atoms with Gasteiger partial charge in [-0.15, -0.1) is 0 Å². The molecule has 0 fully saturated rings. The summed E-state index contributed by atoms with van der Waals surface area (Å²) in [6.07, 6.45) is 2.97. The van der Waals surface area contributed by atoms with Gasteiger partial charge in [-0.05, 0) is 25.8 Å². The molecule has 0 radical (unpaired) electrons. The monoisotopic (exact) mass is 156 g/mol. The molecule has 11 heavy (non-hydrogen) atoms. The van der Waals surface area contributed by atoms with Crippen LogP contribution in [-0.2, 0) is 9.53 Å². The van der Waals surface area contributed by atoms with E-state index in [-0.39, 0.29) is 18.7 Å². The largest absolute Gasteiger partial charge is 0.455 e. The molecule has 0 aliphatic carbocycles. The first kappa shape index (κ1) is 8.27. The standard InChI is InChI=1S/C8H12O3/c1-6-5-7(3-2-4-9)8(10)11-6/h5-6,9H,2-4H2,1H3. The maximum atomic E-state index is 10.9. The summed E-state index contributed by atoms with van der Waals surface area (Å²) in [5.41, 5.74) is 0.701. The van der Waals surface area contributed by atoms with E-state index in [9.17, 15) is 4.79 Å². The van der Waals surface area contributed by atoms with Crippen LogP contribution in [0.25, 0.3) is 0 Å². The maximum absolute atomic E-state index is 10.9. The van der Waals surface area contributed by atoms with E-state index >= 15 is 0 Å². The number of carbonyl (C=O) groups excluding carboxylic acids is 1. The molecule has 0 aromatic rings. The quantitative estimate of drug-likeness (QED) is 0.609. The Morgan fingerprint density at radius 2 is 2.45 bits per heavy atom. The molecular weight excluding hydrogens is 144 g/mol. The topological polar surface area (TPSA) is 46.5 Å². The highest BCUT2D eigenvalue weighted by molar-refractivity contribution is 5.90. The number of hydrogen-bond acceptors (Lipinski definition) is 3. The lowest BCUT2D eigenvalue weighted by atomic mass is 10.1. The molecule has 1 atom stereocenters. The molecule has 3 nitrogen and oxygen atoms in total. The summed E-state index contributed by atoms with van der Waals surface area (Å²) in [6.45, 7) is 1.95. The SMILES string of the molecule is CC1C=C(CCCO)C(=O)O1. The molecule has 1 heterocycles. The first-order valence-electron chi connectivity index (χ1n) is 3.76. The molecule has 1 rings (SSSR count). The second-order valence-electron chi connectivity index (χ2n) is 2.63. The van der Waals surface area contributed by atoms with E-state index in [4.69, 9.17) is 9.84 Å². The second-order valence-corrected chi connectivity index (χ2v) is 2.63. The fraction of sp³-hybridized carbons (Fsp3) is 0.625. The van der Waals surface area contributed by atoms with Gasteiger partial charge in [-0.2, -0.15) is 0 Å². The van der Waals surface area contributed by atoms with Crippen molar-refractivity contribution in [3.05, 3.63) is 11.6 Å². The first-order valence-corrected chi connectivity index (χ1v) is 3.76. The van der Waals surface area contributed by atoms with E-state index in [0.29, 0.717) is 18.4 Å². The minimum absolute atomic E-state index is 0.0869. The summed E-state index contributed by atoms with van der Waals surface area (Å²) in [4.78, 5) is 10.9. The van der Waals surface area contributed by atoms with E-state index in [0.717, 1.165) is 0 Å². The maximum Gasteiger partial charge on any atom is 0.334 e. The molecule has 0 aromatic carbocycles. The van der Waals surface area contributed by atoms with Crippen LogP contribution in [0.5, 0.6) is 0 Å². The van der Waals surface area contributed by atoms with Gasteiger partial charge in [0.05, 0.1) is 0 Å². The van der Waals surface area contributed by atoms with Gasteiger partial charge in [0.2, 0.25) is 0 Å². The molecule has 62 valence electrons. The molecule has 0 saturated carbocycles. The Morgan fingerprint density at radius 1 is 1.73 bits per heavy atom. The Bertz CT molecular complexity index is 184. The van der Waals surface area contributed by atoms with Crippen LogP contribution < -0.4 is 0 Å². The van der Waals surface area contributed by atoms with Crippen LogP contribution >= 0.6 is 0 Å². The van der Waals surface area contributed by atoms with Gasteiger partial charge < -0.3 is 9.84 Å². The van der Waals surface area contributed by atoms with E-state index in [1.807, 2.05) is 6.92 Å². The zero-order chi connectivity index (χ0) is 8.27. The van der Waals surface area contributed by atoms with E-state index < -0.39 is 0 Å². The smallest absolute Gasteiger partial charge is 0.334 e. The summed E-state index contributed by atoms with van der Waals surface area (Å²) >= 11 is 0. The lowest BCUT2D eigenvalue weighted by molar-refractivity contribution is -0.139. The van der Waals surface area contributed by atoms with Crippen molar-refractivity contribution < 1.29 is 14.6 Å². The number of aliphatic hydroxyl groups excluding tert-OH is 1. The number of ether oxygens (including phenoxy) is 1. The van der Waals surface area contributed by atoms with Crippen LogP contribution in [0.15, 0.2) is 11.6 Å². The number of aliphatic hydroxyl groups is 1. The van der Waals surface area contributed by atoms with Crippen molar-refractivity contribution in [3.8, 4) is 0 Å². The summed E-state index contributed by atoms with van der Waals surface area (Å²) in [5.74, 6) is -0.231. The molecular formula is C8H12O3. The molecule has 1 N–H and O–H groups in total. The number of esters is 1. The highest BCUT2D eigenvalue weighted by atomic mass is 16.5. The number of cyclic esters (lactones) is 1. The van der Waals surface area contributed by atoms with Gasteiger partial charge in [0, 0.05) is 12.2 Å². The second kappa shape index (κ2) is 3.53. The highest BCUT2D eigenvalue weighted by Gasteiger charge is 2.20. The van der Waals surface area contributed by atoms with Gasteiger partial charge in [-0.1, -0.05) is 0 Å². The van der Waals surface area contributed by atoms with Crippen LogP contribution in [-0.4, -0.2) is 23.8 Å². The van der Waals surface area contributed by atoms with Gasteiger partial charge in [0.25, 0.3) is 0 Å². The summed E-state index contributed by atoms with van der Waals surface area (Å²) < 4.78 is 4.86. The Hall–Kier alpha value is -0.830. The zero-order valence-corrected chi connectivity index (χ0v) is 6.54. The molecule has 1 aliphatic heterocycles. The Morgan fingerprint density at radius 3 is 2.91 bits per heavy atom. The zero-order valence-electron chi connectivity index (χ0n) is 6.54. The summed E-state index contributed by atoms with van der Waals surface area (Å²) in [7, 11) is 0. The molecule has 0 amide bonds. The third-order valence-electron chi connectivity index (χ3n) is 1.60. The van der Waals surface area contributed by atoms with E-state index in [1.165, 1.54) is 0 Å². The average Bonchev–Trinajstić information content (AvgIpc) is 2.26. The Balaban J connectivity index is 2.43. The molecule has 1 unspecified atom stereocenters. The number of carbonyl (C=O) groups is 1. The fourth-order valence-electron chi connectivity index (χ4n) is 1.08. The van der Waals surface area contributed by atoms with Crippen LogP contribution in [0.2, 0.25) is 0 Å². The predicted octanol–water partition coefficient (Wildman–Crippen LogP) is 0.631. The minimum Gasteiger partial charge on any atom is -0.455 e. The molecule has 1 aliphatic rings. The van der Waals surface area contributed by atoms with Crippen LogP contribution in [0, 0.1) is 0 Å².